The van der Waals surface area contributed by atoms with Crippen LogP contribution in [-0.2, 0) is 19.4 Å². The molecule has 0 saturated carbocycles. The van der Waals surface area contributed by atoms with Crippen LogP contribution in [0.2, 0.25) is 0 Å². The van der Waals surface area contributed by atoms with E-state index in [9.17, 15) is 19.1 Å². The lowest BCUT2D eigenvalue weighted by Crippen LogP contribution is -2.70. The summed E-state index contributed by atoms with van der Waals surface area (Å²) in [5, 5.41) is 24.2. The molecule has 2 aliphatic heterocycles. The molecule has 43 heavy (non-hydrogen) atoms. The maximum atomic E-state index is 14.4. The van der Waals surface area contributed by atoms with Crippen molar-refractivity contribution in [2.45, 2.75) is 71.5 Å². The van der Waals surface area contributed by atoms with Crippen LogP contribution < -0.4 is 14.9 Å². The number of H-pyrrole nitrogens is 1. The van der Waals surface area contributed by atoms with E-state index in [1.807, 2.05) is 25.1 Å². The first kappa shape index (κ1) is 28.8. The third-order valence-corrected chi connectivity index (χ3v) is 9.07. The first-order valence-corrected chi connectivity index (χ1v) is 15.0. The van der Waals surface area contributed by atoms with E-state index in [2.05, 4.69) is 41.5 Å². The Labute approximate surface area is 250 Å². The van der Waals surface area contributed by atoms with Gasteiger partial charge < -0.3 is 20.1 Å². The number of pyridine rings is 1. The fourth-order valence-electron chi connectivity index (χ4n) is 6.98. The Morgan fingerprint density at radius 1 is 1.21 bits per heavy atom. The normalized spacial score (nSPS) is 22.1. The molecule has 2 N–H and O–H groups in total. The molecule has 0 bridgehead atoms. The highest BCUT2D eigenvalue weighted by Gasteiger charge is 2.49. The van der Waals surface area contributed by atoms with Gasteiger partial charge in [-0.3, -0.25) is 5.10 Å². The molecule has 0 aliphatic carbocycles. The number of carbonyl (C=O) groups excluding carboxylic acids is 2. The fraction of sp³-hybridized carbons (Fsp3) is 0.394. The largest absolute Gasteiger partial charge is 0.498 e. The summed E-state index contributed by atoms with van der Waals surface area (Å²) in [4.78, 5) is 33.1. The third-order valence-electron chi connectivity index (χ3n) is 9.07. The number of carboxylic acid groups (broad SMARTS) is 1. The number of fused-ring (bicyclic) bond motifs is 2. The quantitative estimate of drug-likeness (QED) is 0.280. The number of piperidine rings is 1. The van der Waals surface area contributed by atoms with Gasteiger partial charge in [-0.05, 0) is 60.6 Å². The van der Waals surface area contributed by atoms with Gasteiger partial charge in [-0.1, -0.05) is 38.1 Å². The molecular formula is C33H37FN6O3. The van der Waals surface area contributed by atoms with Crippen LogP contribution in [0.1, 0.15) is 55.5 Å². The Hall–Kier alpha value is -4.31. The minimum absolute atomic E-state index is 0.215. The van der Waals surface area contributed by atoms with Gasteiger partial charge in [0.2, 0.25) is 5.82 Å². The van der Waals surface area contributed by atoms with Crippen LogP contribution in [0.3, 0.4) is 0 Å². The van der Waals surface area contributed by atoms with Gasteiger partial charge in [0.25, 0.3) is 6.09 Å². The zero-order chi connectivity index (χ0) is 30.3. The van der Waals surface area contributed by atoms with E-state index in [1.165, 1.54) is 6.07 Å². The summed E-state index contributed by atoms with van der Waals surface area (Å²) in [6.45, 7) is 6.74. The zero-order valence-corrected chi connectivity index (χ0v) is 24.8. The third kappa shape index (κ3) is 5.35. The molecule has 3 amide bonds. The number of aryl methyl sites for hydroxylation is 2. The number of hydrogen-bond acceptors (Lipinski definition) is 5. The van der Waals surface area contributed by atoms with Gasteiger partial charge in [0.1, 0.15) is 11.9 Å². The Balaban J connectivity index is 1.35. The first-order chi connectivity index (χ1) is 20.7. The number of aromatic amines is 1. The van der Waals surface area contributed by atoms with E-state index in [1.54, 1.807) is 23.2 Å². The average Bonchev–Trinajstić information content (AvgIpc) is 3.45. The molecule has 9 nitrogen and oxygen atoms in total. The van der Waals surface area contributed by atoms with Crippen molar-refractivity contribution in [1.29, 1.82) is 0 Å². The molecule has 224 valence electrons. The number of para-hydroxylation sites is 1. The van der Waals surface area contributed by atoms with Crippen molar-refractivity contribution in [3.8, 4) is 0 Å². The summed E-state index contributed by atoms with van der Waals surface area (Å²) in [5.74, 6) is 0.377. The van der Waals surface area contributed by atoms with E-state index < -0.39 is 22.4 Å². The number of hydrogen-bond donors (Lipinski definition) is 2. The van der Waals surface area contributed by atoms with Crippen molar-refractivity contribution >= 4 is 34.5 Å². The SMILES string of the molecule is Cc1cc(CCC2CC(N3Cc4cccc(F)c4NC3=O)CC[N+]2(C(=O)[O-])c2cccc(CC(C)C)n2)cc2cn[nH]c12. The van der Waals surface area contributed by atoms with Gasteiger partial charge in [0.15, 0.2) is 0 Å². The molecule has 4 heterocycles. The van der Waals surface area contributed by atoms with Gasteiger partial charge >= 0.3 is 6.03 Å². The van der Waals surface area contributed by atoms with Crippen LogP contribution in [-0.4, -0.2) is 50.8 Å². The molecule has 4 aromatic rings. The summed E-state index contributed by atoms with van der Waals surface area (Å²) in [6, 6.07) is 13.6. The smallest absolute Gasteiger partial charge is 0.322 e. The highest BCUT2D eigenvalue weighted by Crippen LogP contribution is 2.38. The first-order valence-electron chi connectivity index (χ1n) is 15.0. The van der Waals surface area contributed by atoms with Crippen molar-refractivity contribution in [2.75, 3.05) is 11.9 Å². The van der Waals surface area contributed by atoms with Gasteiger partial charge in [-0.25, -0.2) is 18.7 Å². The van der Waals surface area contributed by atoms with Crippen LogP contribution in [0.5, 0.6) is 0 Å². The van der Waals surface area contributed by atoms with Crippen molar-refractivity contribution in [3.63, 3.8) is 0 Å². The highest BCUT2D eigenvalue weighted by molar-refractivity contribution is 5.92. The zero-order valence-electron chi connectivity index (χ0n) is 24.8. The van der Waals surface area contributed by atoms with Crippen molar-refractivity contribution in [1.82, 2.24) is 24.6 Å². The molecular weight excluding hydrogens is 547 g/mol. The van der Waals surface area contributed by atoms with Gasteiger partial charge in [-0.15, -0.1) is 0 Å². The van der Waals surface area contributed by atoms with E-state index in [4.69, 9.17) is 4.98 Å². The molecule has 1 fully saturated rings. The summed E-state index contributed by atoms with van der Waals surface area (Å²) in [7, 11) is 0. The molecule has 1 saturated heterocycles. The lowest BCUT2D eigenvalue weighted by molar-refractivity contribution is -0.268. The maximum absolute atomic E-state index is 14.4. The summed E-state index contributed by atoms with van der Waals surface area (Å²) in [6.07, 6.45) is 3.41. The number of anilines is 1. The van der Waals surface area contributed by atoms with Crippen molar-refractivity contribution in [2.24, 2.45) is 5.92 Å². The monoisotopic (exact) mass is 584 g/mol. The maximum Gasteiger partial charge on any atom is 0.322 e. The standard InChI is InChI=1S/C33H37FN6O3/c1-20(2)14-25-7-5-9-29(36-25)40(33(42)43)13-12-26(39-19-23-6-4-8-28(34)31(23)37-32(39)41)17-27(40)11-10-22-15-21(3)30-24(16-22)18-35-38-30/h4-9,15-16,18,20,26-27H,10-14,17,19H2,1-3H3,(H2-,35,37,38,41,42,43). The minimum Gasteiger partial charge on any atom is -0.498 e. The number of likely N-dealkylation sites (tertiary alicyclic amines) is 1. The lowest BCUT2D eigenvalue weighted by Gasteiger charge is -2.50. The van der Waals surface area contributed by atoms with Gasteiger partial charge in [0, 0.05) is 49.0 Å². The van der Waals surface area contributed by atoms with Gasteiger partial charge in [-0.2, -0.15) is 5.10 Å². The predicted molar refractivity (Wildman–Crippen MR) is 162 cm³/mol. The summed E-state index contributed by atoms with van der Waals surface area (Å²) in [5.41, 5.74) is 4.92. The van der Waals surface area contributed by atoms with Crippen LogP contribution in [0.4, 0.5) is 25.5 Å². The predicted octanol–water partition coefficient (Wildman–Crippen LogP) is 5.47. The Morgan fingerprint density at radius 2 is 2.02 bits per heavy atom. The minimum atomic E-state index is -1.19. The molecule has 6 rings (SSSR count). The number of aromatic nitrogens is 3. The second-order valence-corrected chi connectivity index (χ2v) is 12.4. The number of quaternary nitrogens is 1. The number of carbonyl (C=O) groups is 2. The Kier molecular flexibility index (Phi) is 7.64. The van der Waals surface area contributed by atoms with Crippen LogP contribution in [0.25, 0.3) is 10.9 Å². The van der Waals surface area contributed by atoms with Crippen molar-refractivity contribution in [3.05, 3.63) is 82.9 Å². The average molecular weight is 585 g/mol. The Morgan fingerprint density at radius 3 is 2.81 bits per heavy atom. The molecule has 0 radical (unpaired) electrons. The fourth-order valence-corrected chi connectivity index (χ4v) is 6.98. The van der Waals surface area contributed by atoms with E-state index in [0.29, 0.717) is 43.0 Å². The number of benzene rings is 2. The second-order valence-electron chi connectivity index (χ2n) is 12.4. The molecule has 3 atom stereocenters. The van der Waals surface area contributed by atoms with Crippen LogP contribution in [0.15, 0.2) is 54.7 Å². The summed E-state index contributed by atoms with van der Waals surface area (Å²) >= 11 is 0. The van der Waals surface area contributed by atoms with Gasteiger partial charge in [0.05, 0.1) is 23.9 Å². The number of urea groups is 1. The number of halogens is 1. The summed E-state index contributed by atoms with van der Waals surface area (Å²) < 4.78 is 14.0. The Bertz CT molecular complexity index is 1690. The highest BCUT2D eigenvalue weighted by atomic mass is 19.1. The molecule has 2 aromatic heterocycles. The lowest BCUT2D eigenvalue weighted by atomic mass is 9.88. The van der Waals surface area contributed by atoms with E-state index in [-0.39, 0.29) is 30.8 Å². The van der Waals surface area contributed by atoms with E-state index >= 15 is 0 Å². The number of amides is 3. The molecule has 2 aromatic carbocycles. The van der Waals surface area contributed by atoms with E-state index in [0.717, 1.165) is 34.1 Å². The van der Waals surface area contributed by atoms with Crippen LogP contribution >= 0.6 is 0 Å². The molecule has 0 spiro atoms. The number of nitrogens with one attached hydrogen (secondary N) is 2. The second kappa shape index (κ2) is 11.4. The molecule has 3 unspecified atom stereocenters. The molecule has 2 aliphatic rings. The number of rotatable bonds is 7. The molecule has 10 heteroatoms. The van der Waals surface area contributed by atoms with Crippen molar-refractivity contribution < 1.29 is 19.1 Å². The van der Waals surface area contributed by atoms with Crippen LogP contribution in [0, 0.1) is 18.7 Å². The topological polar surface area (TPSA) is 114 Å². The number of nitrogens with zero attached hydrogens (tertiary/aromatic N) is 4.